The molecule has 0 aliphatic carbocycles. The maximum atomic E-state index is 13.1. The van der Waals surface area contributed by atoms with E-state index in [1.165, 1.54) is 23.9 Å². The van der Waals surface area contributed by atoms with E-state index in [2.05, 4.69) is 10.2 Å². The van der Waals surface area contributed by atoms with Gasteiger partial charge in [0.2, 0.25) is 0 Å². The Morgan fingerprint density at radius 2 is 2.05 bits per heavy atom. The lowest BCUT2D eigenvalue weighted by atomic mass is 10.2. The number of nitrogens with two attached hydrogens (primary N) is 1. The van der Waals surface area contributed by atoms with Gasteiger partial charge in [-0.3, -0.25) is 4.57 Å². The first-order valence-electron chi connectivity index (χ1n) is 6.79. The molecule has 0 bridgehead atoms. The second-order valence-corrected chi connectivity index (χ2v) is 5.84. The molecular weight excluding hydrogens is 291 g/mol. The molecule has 0 saturated carbocycles. The van der Waals surface area contributed by atoms with Gasteiger partial charge in [0.25, 0.3) is 0 Å². The molecule has 2 aromatic rings. The molecule has 1 aromatic heterocycles. The average molecular weight is 310 g/mol. The van der Waals surface area contributed by atoms with Gasteiger partial charge in [-0.15, -0.1) is 10.2 Å². The van der Waals surface area contributed by atoms with Gasteiger partial charge < -0.3 is 10.8 Å². The summed E-state index contributed by atoms with van der Waals surface area (Å²) >= 11 is 1.52. The van der Waals surface area contributed by atoms with E-state index >= 15 is 0 Å². The predicted octanol–water partition coefficient (Wildman–Crippen LogP) is 1.63. The third-order valence-electron chi connectivity index (χ3n) is 2.96. The molecule has 0 fully saturated rings. The normalized spacial score (nSPS) is 12.6. The molecule has 0 spiro atoms. The molecule has 7 heteroatoms. The third-order valence-corrected chi connectivity index (χ3v) is 4.22. The lowest BCUT2D eigenvalue weighted by Gasteiger charge is -2.11. The van der Waals surface area contributed by atoms with E-state index in [0.29, 0.717) is 13.0 Å². The Hall–Kier alpha value is -1.44. The number of aliphatic hydroxyl groups excluding tert-OH is 1. The van der Waals surface area contributed by atoms with Crippen LogP contribution in [-0.4, -0.2) is 38.8 Å². The second kappa shape index (κ2) is 7.53. The van der Waals surface area contributed by atoms with Gasteiger partial charge in [-0.05, 0) is 36.7 Å². The summed E-state index contributed by atoms with van der Waals surface area (Å²) in [4.78, 5) is 0. The van der Waals surface area contributed by atoms with Crippen molar-refractivity contribution in [3.63, 3.8) is 0 Å². The zero-order chi connectivity index (χ0) is 15.2. The summed E-state index contributed by atoms with van der Waals surface area (Å²) in [5.74, 6) is 1.38. The van der Waals surface area contributed by atoms with Crippen molar-refractivity contribution in [2.75, 3.05) is 18.9 Å². The van der Waals surface area contributed by atoms with E-state index in [-0.39, 0.29) is 18.3 Å². The largest absolute Gasteiger partial charge is 0.396 e. The topological polar surface area (TPSA) is 77.0 Å². The number of hydrogen-bond acceptors (Lipinski definition) is 5. The number of halogens is 1. The van der Waals surface area contributed by atoms with Crippen LogP contribution in [0.15, 0.2) is 29.4 Å². The Balaban J connectivity index is 2.30. The molecule has 1 heterocycles. The van der Waals surface area contributed by atoms with Crippen molar-refractivity contribution < 1.29 is 9.50 Å². The van der Waals surface area contributed by atoms with Crippen molar-refractivity contribution in [2.24, 2.45) is 11.7 Å². The fraction of sp³-hybridized carbons (Fsp3) is 0.429. The van der Waals surface area contributed by atoms with Gasteiger partial charge in [-0.25, -0.2) is 4.39 Å². The van der Waals surface area contributed by atoms with Crippen molar-refractivity contribution in [1.29, 1.82) is 0 Å². The summed E-state index contributed by atoms with van der Waals surface area (Å²) in [5, 5.41) is 18.2. The molecular formula is C14H19FN4OS. The van der Waals surface area contributed by atoms with Crippen molar-refractivity contribution in [1.82, 2.24) is 14.8 Å². The Morgan fingerprint density at radius 3 is 2.67 bits per heavy atom. The first kappa shape index (κ1) is 15.9. The summed E-state index contributed by atoms with van der Waals surface area (Å²) in [7, 11) is 0. The van der Waals surface area contributed by atoms with Crippen LogP contribution >= 0.6 is 11.8 Å². The highest BCUT2D eigenvalue weighted by Crippen LogP contribution is 2.24. The number of aliphatic hydroxyl groups is 1. The van der Waals surface area contributed by atoms with E-state index in [1.807, 2.05) is 11.5 Å². The first-order valence-corrected chi connectivity index (χ1v) is 7.78. The molecule has 5 nitrogen and oxygen atoms in total. The zero-order valence-electron chi connectivity index (χ0n) is 11.9. The number of thioether (sulfide) groups is 1. The van der Waals surface area contributed by atoms with Crippen LogP contribution in [0.5, 0.6) is 0 Å². The van der Waals surface area contributed by atoms with E-state index in [9.17, 15) is 4.39 Å². The fourth-order valence-electron chi connectivity index (χ4n) is 1.80. The lowest BCUT2D eigenvalue weighted by molar-refractivity contribution is 0.250. The summed E-state index contributed by atoms with van der Waals surface area (Å²) in [6, 6.07) is 6.20. The monoisotopic (exact) mass is 310 g/mol. The number of aromatic nitrogens is 3. The number of rotatable bonds is 7. The zero-order valence-corrected chi connectivity index (χ0v) is 12.7. The molecule has 2 rings (SSSR count). The molecule has 0 saturated heterocycles. The van der Waals surface area contributed by atoms with Crippen LogP contribution in [0, 0.1) is 11.7 Å². The van der Waals surface area contributed by atoms with Gasteiger partial charge in [-0.1, -0.05) is 18.7 Å². The smallest absolute Gasteiger partial charge is 0.195 e. The minimum absolute atomic E-state index is 0.132. The lowest BCUT2D eigenvalue weighted by Crippen LogP contribution is -2.10. The maximum Gasteiger partial charge on any atom is 0.195 e. The molecule has 114 valence electrons. The van der Waals surface area contributed by atoms with Gasteiger partial charge in [-0.2, -0.15) is 0 Å². The Morgan fingerprint density at radius 1 is 1.33 bits per heavy atom. The van der Waals surface area contributed by atoms with Gasteiger partial charge >= 0.3 is 0 Å². The van der Waals surface area contributed by atoms with E-state index < -0.39 is 0 Å². The van der Waals surface area contributed by atoms with Crippen LogP contribution in [0.2, 0.25) is 0 Å². The third kappa shape index (κ3) is 4.03. The quantitative estimate of drug-likeness (QED) is 0.760. The Labute approximate surface area is 127 Å². The summed E-state index contributed by atoms with van der Waals surface area (Å²) in [6.07, 6.45) is 0.598. The van der Waals surface area contributed by atoms with Crippen LogP contribution in [0.4, 0.5) is 4.39 Å². The van der Waals surface area contributed by atoms with Crippen LogP contribution in [0.1, 0.15) is 12.7 Å². The first-order chi connectivity index (χ1) is 10.2. The minimum atomic E-state index is -0.282. The Bertz CT molecular complexity index is 573. The van der Waals surface area contributed by atoms with Crippen molar-refractivity contribution in [3.8, 4) is 5.69 Å². The Kier molecular flexibility index (Phi) is 5.72. The maximum absolute atomic E-state index is 13.1. The summed E-state index contributed by atoms with van der Waals surface area (Å²) in [5.41, 5.74) is 6.41. The van der Waals surface area contributed by atoms with Gasteiger partial charge in [0.05, 0.1) is 0 Å². The fourth-order valence-corrected chi connectivity index (χ4v) is 2.78. The molecule has 1 aromatic carbocycles. The van der Waals surface area contributed by atoms with E-state index in [0.717, 1.165) is 22.4 Å². The van der Waals surface area contributed by atoms with Gasteiger partial charge in [0.1, 0.15) is 11.6 Å². The van der Waals surface area contributed by atoms with E-state index in [4.69, 9.17) is 10.8 Å². The van der Waals surface area contributed by atoms with Crippen LogP contribution in [0.3, 0.4) is 0 Å². The molecule has 1 atom stereocenters. The highest BCUT2D eigenvalue weighted by atomic mass is 32.2. The number of hydrogen-bond donors (Lipinski definition) is 2. The molecule has 0 radical (unpaired) electrons. The standard InChI is InChI=1S/C14H19FN4OS/c1-10(8-20)9-21-14-18-17-13(6-7-16)19(14)12-4-2-11(15)3-5-12/h2-5,10,20H,6-9,16H2,1H3/t10-/m1/s1. The average Bonchev–Trinajstić information content (AvgIpc) is 2.89. The minimum Gasteiger partial charge on any atom is -0.396 e. The highest BCUT2D eigenvalue weighted by Gasteiger charge is 2.15. The molecule has 0 unspecified atom stereocenters. The summed E-state index contributed by atoms with van der Waals surface area (Å²) in [6.45, 7) is 2.57. The van der Waals surface area contributed by atoms with E-state index in [1.54, 1.807) is 12.1 Å². The molecule has 0 amide bonds. The van der Waals surface area contributed by atoms with Crippen LogP contribution in [0.25, 0.3) is 5.69 Å². The van der Waals surface area contributed by atoms with Crippen LogP contribution in [-0.2, 0) is 6.42 Å². The number of benzene rings is 1. The summed E-state index contributed by atoms with van der Waals surface area (Å²) < 4.78 is 15.0. The molecule has 21 heavy (non-hydrogen) atoms. The predicted molar refractivity (Wildman–Crippen MR) is 81.0 cm³/mol. The SMILES string of the molecule is C[C@H](CO)CSc1nnc(CCN)n1-c1ccc(F)cc1. The van der Waals surface area contributed by atoms with Crippen molar-refractivity contribution >= 4 is 11.8 Å². The van der Waals surface area contributed by atoms with Crippen molar-refractivity contribution in [2.45, 2.75) is 18.5 Å². The van der Waals surface area contributed by atoms with Gasteiger partial charge in [0, 0.05) is 24.5 Å². The number of nitrogens with zero attached hydrogens (tertiary/aromatic N) is 3. The molecule has 0 aliphatic heterocycles. The van der Waals surface area contributed by atoms with Gasteiger partial charge in [0.15, 0.2) is 5.16 Å². The molecule has 3 N–H and O–H groups in total. The molecule has 0 aliphatic rings. The highest BCUT2D eigenvalue weighted by molar-refractivity contribution is 7.99. The second-order valence-electron chi connectivity index (χ2n) is 4.85. The van der Waals surface area contributed by atoms with Crippen molar-refractivity contribution in [3.05, 3.63) is 35.9 Å². The van der Waals surface area contributed by atoms with Crippen LogP contribution < -0.4 is 5.73 Å².